The number of rotatable bonds is 2. The Morgan fingerprint density at radius 2 is 2.46 bits per heavy atom. The van der Waals surface area contributed by atoms with Crippen molar-refractivity contribution in [3.8, 4) is 0 Å². The molecule has 0 aliphatic rings. The molecule has 13 heavy (non-hydrogen) atoms. The third-order valence-corrected chi connectivity index (χ3v) is 1.92. The van der Waals surface area contributed by atoms with Crippen LogP contribution in [0.2, 0.25) is 0 Å². The van der Waals surface area contributed by atoms with E-state index in [2.05, 4.69) is 11.7 Å². The minimum Gasteiger partial charge on any atom is -0.411 e. The Morgan fingerprint density at radius 3 is 3.00 bits per heavy atom. The molecule has 1 N–H and O–H groups in total. The molecule has 0 aliphatic heterocycles. The lowest BCUT2D eigenvalue weighted by atomic mass is 10.2. The van der Waals surface area contributed by atoms with E-state index in [-0.39, 0.29) is 0 Å². The van der Waals surface area contributed by atoms with Gasteiger partial charge in [-0.1, -0.05) is 25.7 Å². The molecule has 3 heteroatoms. The van der Waals surface area contributed by atoms with Crippen LogP contribution in [0.5, 0.6) is 0 Å². The van der Waals surface area contributed by atoms with Crippen LogP contribution in [0.3, 0.4) is 0 Å². The maximum atomic E-state index is 9.33. The van der Waals surface area contributed by atoms with Gasteiger partial charge in [-0.25, -0.2) is 0 Å². The summed E-state index contributed by atoms with van der Waals surface area (Å²) in [7, 11) is 0. The summed E-state index contributed by atoms with van der Waals surface area (Å²) < 4.78 is 0. The van der Waals surface area contributed by atoms with Crippen molar-refractivity contribution in [1.82, 2.24) is 9.94 Å². The molecule has 0 saturated carbocycles. The van der Waals surface area contributed by atoms with E-state index >= 15 is 0 Å². The largest absolute Gasteiger partial charge is 0.411 e. The van der Waals surface area contributed by atoms with Gasteiger partial charge in [0.05, 0.1) is 6.20 Å². The Bertz CT molecular complexity index is 415. The lowest BCUT2D eigenvalue weighted by molar-refractivity contribution is 0.140. The van der Waals surface area contributed by atoms with Crippen LogP contribution < -0.4 is 10.6 Å². The van der Waals surface area contributed by atoms with Gasteiger partial charge in [-0.05, 0) is 18.9 Å². The average molecular weight is 178 g/mol. The molecule has 0 amide bonds. The fourth-order valence-electron chi connectivity index (χ4n) is 1.15. The summed E-state index contributed by atoms with van der Waals surface area (Å²) in [5, 5.41) is 14.8. The minimum absolute atomic E-state index is 0.736. The molecule has 1 aromatic heterocycles. The molecule has 0 spiro atoms. The fourth-order valence-corrected chi connectivity index (χ4v) is 1.15. The highest BCUT2D eigenvalue weighted by Crippen LogP contribution is 1.87. The first-order valence-corrected chi connectivity index (χ1v) is 4.27. The maximum Gasteiger partial charge on any atom is 0.106 e. The molecule has 1 rings (SSSR count). The molecule has 0 atom stereocenters. The third kappa shape index (κ3) is 1.80. The summed E-state index contributed by atoms with van der Waals surface area (Å²) in [5.41, 5.74) is 1.01. The normalized spacial score (nSPS) is 14.5. The van der Waals surface area contributed by atoms with Gasteiger partial charge in [0.1, 0.15) is 5.35 Å². The summed E-state index contributed by atoms with van der Waals surface area (Å²) in [5.74, 6) is 0. The first-order valence-electron chi connectivity index (χ1n) is 4.27. The maximum absolute atomic E-state index is 9.33. The Hall–Kier alpha value is -1.51. The monoisotopic (exact) mass is 178 g/mol. The van der Waals surface area contributed by atoms with E-state index in [9.17, 15) is 5.21 Å². The topological polar surface area (TPSA) is 38.0 Å². The Kier molecular flexibility index (Phi) is 2.90. The zero-order valence-corrected chi connectivity index (χ0v) is 7.99. The lowest BCUT2D eigenvalue weighted by Gasteiger charge is -1.89. The molecule has 0 saturated heterocycles. The molecule has 1 heterocycles. The van der Waals surface area contributed by atoms with Crippen molar-refractivity contribution >= 4 is 11.6 Å². The van der Waals surface area contributed by atoms with Crippen molar-refractivity contribution in [2.75, 3.05) is 0 Å². The second-order valence-corrected chi connectivity index (χ2v) is 2.83. The van der Waals surface area contributed by atoms with Crippen LogP contribution in [0, 0.1) is 0 Å². The Morgan fingerprint density at radius 1 is 1.77 bits per heavy atom. The number of allylic oxidation sites excluding steroid dienone is 1. The standard InChI is InChI=1S/C10H14N2O/c1-4-6-10-9(8(3)5-2)7-11-12(10)13/h5-7,13H,2,4H2,1,3H3/b9-8-,10-6+. The quantitative estimate of drug-likeness (QED) is 0.676. The smallest absolute Gasteiger partial charge is 0.106 e. The van der Waals surface area contributed by atoms with Gasteiger partial charge in [0.2, 0.25) is 0 Å². The van der Waals surface area contributed by atoms with Crippen LogP contribution >= 0.6 is 0 Å². The molecule has 0 bridgehead atoms. The van der Waals surface area contributed by atoms with E-state index in [1.807, 2.05) is 19.9 Å². The minimum atomic E-state index is 0.736. The molecule has 0 unspecified atom stereocenters. The van der Waals surface area contributed by atoms with Crippen LogP contribution in [0.15, 0.2) is 18.9 Å². The van der Waals surface area contributed by atoms with Gasteiger partial charge in [-0.3, -0.25) is 0 Å². The van der Waals surface area contributed by atoms with Crippen molar-refractivity contribution in [2.45, 2.75) is 20.3 Å². The summed E-state index contributed by atoms with van der Waals surface area (Å²) in [6, 6.07) is 0. The van der Waals surface area contributed by atoms with Crippen LogP contribution in [0.4, 0.5) is 0 Å². The number of hydrogen-bond donors (Lipinski definition) is 1. The number of hydrogen-bond acceptors (Lipinski definition) is 2. The van der Waals surface area contributed by atoms with Crippen molar-refractivity contribution in [3.63, 3.8) is 0 Å². The number of nitrogens with zero attached hydrogens (tertiary/aromatic N) is 2. The van der Waals surface area contributed by atoms with Gasteiger partial charge in [-0.2, -0.15) is 0 Å². The van der Waals surface area contributed by atoms with Gasteiger partial charge in [0, 0.05) is 5.22 Å². The summed E-state index contributed by atoms with van der Waals surface area (Å²) in [6.07, 6.45) is 6.18. The Labute approximate surface area is 77.3 Å². The highest BCUT2D eigenvalue weighted by atomic mass is 16.5. The molecular weight excluding hydrogens is 164 g/mol. The third-order valence-electron chi connectivity index (χ3n) is 1.92. The van der Waals surface area contributed by atoms with Gasteiger partial charge >= 0.3 is 0 Å². The highest BCUT2D eigenvalue weighted by molar-refractivity contribution is 5.52. The molecule has 0 aliphatic carbocycles. The van der Waals surface area contributed by atoms with Crippen LogP contribution in [0.1, 0.15) is 20.3 Å². The van der Waals surface area contributed by atoms with Crippen molar-refractivity contribution in [1.29, 1.82) is 0 Å². The van der Waals surface area contributed by atoms with Crippen molar-refractivity contribution < 1.29 is 5.21 Å². The molecule has 0 fully saturated rings. The highest BCUT2D eigenvalue weighted by Gasteiger charge is 1.95. The second-order valence-electron chi connectivity index (χ2n) is 2.83. The Balaban J connectivity index is 3.58. The average Bonchev–Trinajstić information content (AvgIpc) is 2.48. The van der Waals surface area contributed by atoms with Crippen molar-refractivity contribution in [3.05, 3.63) is 29.4 Å². The summed E-state index contributed by atoms with van der Waals surface area (Å²) in [4.78, 5) is 0.895. The molecule has 0 aromatic carbocycles. The van der Waals surface area contributed by atoms with Gasteiger partial charge in [0.25, 0.3) is 0 Å². The molecule has 70 valence electrons. The molecule has 3 nitrogen and oxygen atoms in total. The van der Waals surface area contributed by atoms with E-state index in [1.165, 1.54) is 0 Å². The predicted octanol–water partition coefficient (Wildman–Crippen LogP) is 0.667. The van der Waals surface area contributed by atoms with E-state index in [0.717, 1.165) is 27.4 Å². The second kappa shape index (κ2) is 3.94. The van der Waals surface area contributed by atoms with Crippen molar-refractivity contribution in [2.24, 2.45) is 0 Å². The molecule has 1 aromatic rings. The zero-order valence-electron chi connectivity index (χ0n) is 7.99. The van der Waals surface area contributed by atoms with Gasteiger partial charge in [-0.15, -0.1) is 9.94 Å². The first kappa shape index (κ1) is 9.58. The summed E-state index contributed by atoms with van der Waals surface area (Å²) in [6.45, 7) is 7.63. The lowest BCUT2D eigenvalue weighted by Crippen LogP contribution is -2.29. The molecular formula is C10H14N2O. The fraction of sp³-hybridized carbons (Fsp3) is 0.300. The van der Waals surface area contributed by atoms with Gasteiger partial charge in [0.15, 0.2) is 0 Å². The van der Waals surface area contributed by atoms with Gasteiger partial charge < -0.3 is 5.21 Å². The van der Waals surface area contributed by atoms with Crippen LogP contribution in [-0.2, 0) is 0 Å². The van der Waals surface area contributed by atoms with Crippen LogP contribution in [0.25, 0.3) is 11.6 Å². The van der Waals surface area contributed by atoms with E-state index in [1.54, 1.807) is 12.3 Å². The predicted molar refractivity (Wildman–Crippen MR) is 52.7 cm³/mol. The van der Waals surface area contributed by atoms with E-state index in [0.29, 0.717) is 0 Å². The zero-order chi connectivity index (χ0) is 9.84. The first-order chi connectivity index (χ1) is 6.20. The van der Waals surface area contributed by atoms with E-state index < -0.39 is 0 Å². The van der Waals surface area contributed by atoms with Crippen LogP contribution in [-0.4, -0.2) is 15.2 Å². The van der Waals surface area contributed by atoms with E-state index in [4.69, 9.17) is 0 Å². The SMILES string of the molecule is C=C/C(C)=c1/cnn(O)/c1=C/CC. The summed E-state index contributed by atoms with van der Waals surface area (Å²) >= 11 is 0. The molecule has 0 radical (unpaired) electrons. The number of aromatic nitrogens is 2.